The number of aliphatic hydroxyl groups is 2. The van der Waals surface area contributed by atoms with Crippen LogP contribution in [0.15, 0.2) is 109 Å². The van der Waals surface area contributed by atoms with E-state index in [9.17, 15) is 34.5 Å². The Morgan fingerprint density at radius 1 is 0.442 bits per heavy atom. The SMILES string of the molecule is CC/C=C\C/C=C\C/C=C\C/C=C\C/C=C\CCCC(=O)OC1C(OCC(COC(=O)CCCCCCC/C=C\C/C=C\CCCCC)OC(=O)CCCCCCC/C=C\C/C=C\CCCCC)OC(C(=O)O)C(O)C1O. The smallest absolute Gasteiger partial charge is 0.335 e. The van der Waals surface area contributed by atoms with Gasteiger partial charge in [0.1, 0.15) is 18.8 Å². The Labute approximate surface area is 465 Å². The third-order valence-corrected chi connectivity index (χ3v) is 12.8. The van der Waals surface area contributed by atoms with E-state index >= 15 is 0 Å². The first-order valence-corrected chi connectivity index (χ1v) is 29.9. The van der Waals surface area contributed by atoms with Crippen LogP contribution in [0.2, 0.25) is 0 Å². The summed E-state index contributed by atoms with van der Waals surface area (Å²) in [6, 6.07) is 0. The molecule has 1 saturated heterocycles. The topological polar surface area (TPSA) is 175 Å². The van der Waals surface area contributed by atoms with Crippen LogP contribution in [0.3, 0.4) is 0 Å². The molecule has 0 spiro atoms. The molecular formula is C65H104O12. The molecule has 0 aromatic rings. The molecule has 436 valence electrons. The fourth-order valence-electron chi connectivity index (χ4n) is 8.23. The van der Waals surface area contributed by atoms with Crippen molar-refractivity contribution < 1.29 is 58.2 Å². The minimum absolute atomic E-state index is 0.0260. The van der Waals surface area contributed by atoms with Crippen LogP contribution in [0.4, 0.5) is 0 Å². The zero-order valence-electron chi connectivity index (χ0n) is 47.9. The van der Waals surface area contributed by atoms with Crippen molar-refractivity contribution in [3.8, 4) is 0 Å². The summed E-state index contributed by atoms with van der Waals surface area (Å²) in [5.74, 6) is -3.25. The largest absolute Gasteiger partial charge is 0.479 e. The second-order valence-corrected chi connectivity index (χ2v) is 19.9. The quantitative estimate of drug-likeness (QED) is 0.0228. The normalized spacial score (nSPS) is 18.8. The predicted molar refractivity (Wildman–Crippen MR) is 312 cm³/mol. The van der Waals surface area contributed by atoms with Crippen LogP contribution in [0.1, 0.15) is 226 Å². The molecule has 1 heterocycles. The van der Waals surface area contributed by atoms with Crippen LogP contribution in [-0.4, -0.2) is 89.2 Å². The summed E-state index contributed by atoms with van der Waals surface area (Å²) >= 11 is 0. The maximum absolute atomic E-state index is 13.1. The van der Waals surface area contributed by atoms with Gasteiger partial charge >= 0.3 is 23.9 Å². The van der Waals surface area contributed by atoms with Crippen LogP contribution < -0.4 is 0 Å². The van der Waals surface area contributed by atoms with E-state index in [-0.39, 0.29) is 25.9 Å². The molecule has 0 aliphatic carbocycles. The van der Waals surface area contributed by atoms with Gasteiger partial charge in [0.25, 0.3) is 0 Å². The fraction of sp³-hybridized carbons (Fsp3) is 0.662. The average Bonchev–Trinajstić information content (AvgIpc) is 3.43. The number of rotatable bonds is 49. The number of carboxylic acids is 1. The first kappa shape index (κ1) is 70.4. The average molecular weight is 1080 g/mol. The Bertz CT molecular complexity index is 1750. The minimum Gasteiger partial charge on any atom is -0.479 e. The Hall–Kier alpha value is -4.62. The fourth-order valence-corrected chi connectivity index (χ4v) is 8.23. The number of allylic oxidation sites excluding steroid dienone is 18. The predicted octanol–water partition coefficient (Wildman–Crippen LogP) is 15.4. The zero-order valence-corrected chi connectivity index (χ0v) is 47.9. The summed E-state index contributed by atoms with van der Waals surface area (Å²) < 4.78 is 28.3. The number of hydrogen-bond acceptors (Lipinski definition) is 11. The van der Waals surface area contributed by atoms with Crippen molar-refractivity contribution in [2.24, 2.45) is 0 Å². The van der Waals surface area contributed by atoms with E-state index in [4.69, 9.17) is 23.7 Å². The summed E-state index contributed by atoms with van der Waals surface area (Å²) in [7, 11) is 0. The van der Waals surface area contributed by atoms with Crippen LogP contribution >= 0.6 is 0 Å². The van der Waals surface area contributed by atoms with Gasteiger partial charge in [-0.05, 0) is 122 Å². The van der Waals surface area contributed by atoms with Gasteiger partial charge in [-0.25, -0.2) is 4.79 Å². The number of carbonyl (C=O) groups is 4. The summed E-state index contributed by atoms with van der Waals surface area (Å²) in [6.45, 7) is 5.77. The molecule has 1 aliphatic heterocycles. The van der Waals surface area contributed by atoms with Gasteiger partial charge in [-0.2, -0.15) is 0 Å². The summed E-state index contributed by atoms with van der Waals surface area (Å²) in [5, 5.41) is 31.5. The molecule has 1 aliphatic rings. The van der Waals surface area contributed by atoms with Crippen molar-refractivity contribution in [1.29, 1.82) is 0 Å². The van der Waals surface area contributed by atoms with Crippen molar-refractivity contribution in [3.05, 3.63) is 109 Å². The Kier molecular flexibility index (Phi) is 47.6. The molecule has 12 nitrogen and oxygen atoms in total. The van der Waals surface area contributed by atoms with Crippen molar-refractivity contribution in [2.45, 2.75) is 263 Å². The summed E-state index contributed by atoms with van der Waals surface area (Å²) in [5.41, 5.74) is 0. The number of hydrogen-bond donors (Lipinski definition) is 3. The van der Waals surface area contributed by atoms with Gasteiger partial charge in [0, 0.05) is 19.3 Å². The zero-order chi connectivity index (χ0) is 56.1. The lowest BCUT2D eigenvalue weighted by Gasteiger charge is -2.40. The lowest BCUT2D eigenvalue weighted by molar-refractivity contribution is -0.301. The maximum Gasteiger partial charge on any atom is 0.335 e. The van der Waals surface area contributed by atoms with E-state index in [1.807, 2.05) is 12.2 Å². The van der Waals surface area contributed by atoms with Crippen LogP contribution in [0.25, 0.3) is 0 Å². The number of carboxylic acid groups (broad SMARTS) is 1. The van der Waals surface area contributed by atoms with Crippen molar-refractivity contribution >= 4 is 23.9 Å². The molecule has 6 unspecified atom stereocenters. The second-order valence-electron chi connectivity index (χ2n) is 19.9. The molecule has 0 bridgehead atoms. The molecule has 77 heavy (non-hydrogen) atoms. The van der Waals surface area contributed by atoms with Gasteiger partial charge in [0.2, 0.25) is 0 Å². The molecule has 0 radical (unpaired) electrons. The molecule has 6 atom stereocenters. The second kappa shape index (κ2) is 52.1. The molecule has 0 amide bonds. The molecular weight excluding hydrogens is 973 g/mol. The molecule has 0 aromatic carbocycles. The van der Waals surface area contributed by atoms with Gasteiger partial charge in [-0.1, -0.05) is 194 Å². The van der Waals surface area contributed by atoms with E-state index in [0.29, 0.717) is 25.7 Å². The van der Waals surface area contributed by atoms with Gasteiger partial charge in [0.15, 0.2) is 24.6 Å². The van der Waals surface area contributed by atoms with Gasteiger partial charge in [-0.15, -0.1) is 0 Å². The Morgan fingerprint density at radius 2 is 0.831 bits per heavy atom. The molecule has 3 N–H and O–H groups in total. The number of carbonyl (C=O) groups excluding carboxylic acids is 3. The van der Waals surface area contributed by atoms with E-state index in [1.54, 1.807) is 0 Å². The Morgan fingerprint density at radius 3 is 1.29 bits per heavy atom. The molecule has 0 saturated carbocycles. The maximum atomic E-state index is 13.1. The van der Waals surface area contributed by atoms with Crippen molar-refractivity contribution in [3.63, 3.8) is 0 Å². The first-order chi connectivity index (χ1) is 37.6. The van der Waals surface area contributed by atoms with E-state index < -0.39 is 67.3 Å². The minimum atomic E-state index is -1.93. The summed E-state index contributed by atoms with van der Waals surface area (Å²) in [6.07, 6.45) is 57.7. The van der Waals surface area contributed by atoms with Gasteiger partial charge < -0.3 is 39.0 Å². The highest BCUT2D eigenvalue weighted by atomic mass is 16.7. The molecule has 1 rings (SSSR count). The van der Waals surface area contributed by atoms with E-state index in [0.717, 1.165) is 122 Å². The highest BCUT2D eigenvalue weighted by Gasteiger charge is 2.50. The van der Waals surface area contributed by atoms with Crippen LogP contribution in [0, 0.1) is 0 Å². The van der Waals surface area contributed by atoms with Crippen LogP contribution in [0.5, 0.6) is 0 Å². The molecule has 0 aromatic heterocycles. The number of aliphatic carboxylic acids is 1. The highest BCUT2D eigenvalue weighted by molar-refractivity contribution is 5.74. The molecule has 12 heteroatoms. The monoisotopic (exact) mass is 1080 g/mol. The standard InChI is InChI=1S/C65H104O12/c1-4-7-10-13-16-19-22-25-28-29-32-35-38-41-44-47-50-53-59(68)76-63-61(70)60(69)62(64(71)72)77-65(63)74-55-56(75-58(67)52-49-46-43-40-37-34-31-27-24-21-18-15-12-9-6-3)54-73-57(66)51-48-45-42-39-36-33-30-26-23-20-17-14-11-8-5-2/h7,10,16-21,25-28,30-32,35,41,44,56,60-63,65,69-70H,4-6,8-9,11-15,22-24,29,33-34,36-40,42-43,45-55H2,1-3H3,(H,71,72)/b10-7-,19-16-,20-17-,21-18-,28-25-,30-26-,31-27-,35-32-,44-41-. The number of unbranched alkanes of at least 4 members (excludes halogenated alkanes) is 17. The molecule has 1 fully saturated rings. The number of ether oxygens (including phenoxy) is 5. The lowest BCUT2D eigenvalue weighted by atomic mass is 9.98. The first-order valence-electron chi connectivity index (χ1n) is 29.9. The van der Waals surface area contributed by atoms with E-state index in [2.05, 4.69) is 118 Å². The third-order valence-electron chi connectivity index (χ3n) is 12.8. The number of esters is 3. The van der Waals surface area contributed by atoms with Gasteiger partial charge in [0.05, 0.1) is 6.61 Å². The highest BCUT2D eigenvalue weighted by Crippen LogP contribution is 2.26. The van der Waals surface area contributed by atoms with Crippen molar-refractivity contribution in [2.75, 3.05) is 13.2 Å². The van der Waals surface area contributed by atoms with E-state index in [1.165, 1.54) is 38.5 Å². The van der Waals surface area contributed by atoms with Crippen molar-refractivity contribution in [1.82, 2.24) is 0 Å². The third kappa shape index (κ3) is 42.1. The number of aliphatic hydroxyl groups excluding tert-OH is 2. The summed E-state index contributed by atoms with van der Waals surface area (Å²) in [4.78, 5) is 51.1. The Balaban J connectivity index is 2.75. The van der Waals surface area contributed by atoms with Crippen LogP contribution in [-0.2, 0) is 42.9 Å². The van der Waals surface area contributed by atoms with Gasteiger partial charge in [-0.3, -0.25) is 14.4 Å². The lowest BCUT2D eigenvalue weighted by Crippen LogP contribution is -2.61.